The number of hydrogen-bond acceptors (Lipinski definition) is 6. The molecule has 0 spiro atoms. The van der Waals surface area contributed by atoms with Gasteiger partial charge >= 0.3 is 5.97 Å². The van der Waals surface area contributed by atoms with Crippen molar-refractivity contribution in [2.45, 2.75) is 4.90 Å². The van der Waals surface area contributed by atoms with Gasteiger partial charge in [0.15, 0.2) is 0 Å². The molecule has 0 aromatic carbocycles. The topological polar surface area (TPSA) is 99.8 Å². The van der Waals surface area contributed by atoms with Gasteiger partial charge in [-0.1, -0.05) is 0 Å². The molecule has 8 nitrogen and oxygen atoms in total. The highest BCUT2D eigenvalue weighted by Crippen LogP contribution is 2.13. The summed E-state index contributed by atoms with van der Waals surface area (Å²) in [6.07, 6.45) is 2.58. The number of carbonyl (C=O) groups is 1. The van der Waals surface area contributed by atoms with Crippen molar-refractivity contribution in [2.24, 2.45) is 0 Å². The van der Waals surface area contributed by atoms with Crippen LogP contribution in [0.15, 0.2) is 28.2 Å². The first-order valence-electron chi connectivity index (χ1n) is 6.41. The van der Waals surface area contributed by atoms with Gasteiger partial charge in [0.25, 0.3) is 0 Å². The second-order valence-electron chi connectivity index (χ2n) is 4.63. The smallest absolute Gasteiger partial charge is 0.319 e. The molecule has 1 aliphatic heterocycles. The van der Waals surface area contributed by atoms with Crippen molar-refractivity contribution < 1.29 is 17.9 Å². The highest BCUT2D eigenvalue weighted by Gasteiger charge is 2.30. The first-order valence-corrected chi connectivity index (χ1v) is 7.85. The average Bonchev–Trinajstić information content (AvgIpc) is 2.48. The van der Waals surface area contributed by atoms with Gasteiger partial charge in [0.1, 0.15) is 4.90 Å². The van der Waals surface area contributed by atoms with E-state index in [2.05, 4.69) is 9.72 Å². The molecule has 21 heavy (non-hydrogen) atoms. The molecule has 0 atom stereocenters. The van der Waals surface area contributed by atoms with Gasteiger partial charge in [-0.15, -0.1) is 0 Å². The van der Waals surface area contributed by atoms with Gasteiger partial charge in [-0.3, -0.25) is 14.5 Å². The highest BCUT2D eigenvalue weighted by molar-refractivity contribution is 7.89. The minimum Gasteiger partial charge on any atom is -0.468 e. The number of nitrogens with zero attached hydrogens (tertiary/aromatic N) is 2. The third-order valence-electron chi connectivity index (χ3n) is 3.32. The molecule has 116 valence electrons. The molecular weight excluding hydrogens is 298 g/mol. The van der Waals surface area contributed by atoms with Crippen LogP contribution < -0.4 is 5.43 Å². The molecule has 2 heterocycles. The van der Waals surface area contributed by atoms with Crippen LogP contribution in [0.5, 0.6) is 0 Å². The number of esters is 1. The lowest BCUT2D eigenvalue weighted by molar-refractivity contribution is -0.142. The number of pyridine rings is 1. The quantitative estimate of drug-likeness (QED) is 0.705. The lowest BCUT2D eigenvalue weighted by Crippen LogP contribution is -2.50. The molecule has 1 fully saturated rings. The van der Waals surface area contributed by atoms with Crippen LogP contribution >= 0.6 is 0 Å². The van der Waals surface area contributed by atoms with E-state index in [9.17, 15) is 18.0 Å². The largest absolute Gasteiger partial charge is 0.468 e. The summed E-state index contributed by atoms with van der Waals surface area (Å²) in [4.78, 5) is 27.0. The second kappa shape index (κ2) is 6.37. The van der Waals surface area contributed by atoms with Crippen molar-refractivity contribution in [1.82, 2.24) is 14.2 Å². The van der Waals surface area contributed by atoms with Gasteiger partial charge < -0.3 is 9.72 Å². The maximum Gasteiger partial charge on any atom is 0.319 e. The van der Waals surface area contributed by atoms with Crippen molar-refractivity contribution in [3.63, 3.8) is 0 Å². The fourth-order valence-electron chi connectivity index (χ4n) is 2.12. The number of methoxy groups -OCH3 is 1. The SMILES string of the molecule is COC(=O)CN1CCN(S(=O)(=O)c2c[nH]ccc2=O)CC1. The van der Waals surface area contributed by atoms with Crippen LogP contribution in [0.4, 0.5) is 0 Å². The first kappa shape index (κ1) is 15.7. The molecule has 9 heteroatoms. The Hall–Kier alpha value is -1.71. The molecule has 1 N–H and O–H groups in total. The van der Waals surface area contributed by atoms with E-state index in [0.717, 1.165) is 0 Å². The molecule has 2 rings (SSSR count). The minimum absolute atomic E-state index is 0.135. The summed E-state index contributed by atoms with van der Waals surface area (Å²) in [5.41, 5.74) is -0.536. The molecule has 1 saturated heterocycles. The average molecular weight is 315 g/mol. The van der Waals surface area contributed by atoms with E-state index >= 15 is 0 Å². The van der Waals surface area contributed by atoms with Gasteiger partial charge in [-0.25, -0.2) is 8.42 Å². The van der Waals surface area contributed by atoms with Crippen LogP contribution in [0.3, 0.4) is 0 Å². The first-order chi connectivity index (χ1) is 9.95. The number of hydrogen-bond donors (Lipinski definition) is 1. The van der Waals surface area contributed by atoms with Gasteiger partial charge in [-0.2, -0.15) is 4.31 Å². The Bertz CT molecular complexity index is 661. The Labute approximate surface area is 122 Å². The van der Waals surface area contributed by atoms with Crippen molar-refractivity contribution >= 4 is 16.0 Å². The zero-order chi connectivity index (χ0) is 15.5. The van der Waals surface area contributed by atoms with Gasteiger partial charge in [-0.05, 0) is 0 Å². The Morgan fingerprint density at radius 3 is 2.57 bits per heavy atom. The van der Waals surface area contributed by atoms with Crippen LogP contribution in [-0.4, -0.2) is 68.4 Å². The highest BCUT2D eigenvalue weighted by atomic mass is 32.2. The maximum atomic E-state index is 12.4. The van der Waals surface area contributed by atoms with Crippen molar-refractivity contribution in [3.05, 3.63) is 28.7 Å². The molecule has 0 saturated carbocycles. The van der Waals surface area contributed by atoms with Crippen LogP contribution in [0.25, 0.3) is 0 Å². The van der Waals surface area contributed by atoms with Crippen molar-refractivity contribution in [1.29, 1.82) is 0 Å². The van der Waals surface area contributed by atoms with Crippen molar-refractivity contribution in [2.75, 3.05) is 39.8 Å². The number of nitrogens with one attached hydrogen (secondary N) is 1. The number of carbonyl (C=O) groups excluding carboxylic acids is 1. The summed E-state index contributed by atoms with van der Waals surface area (Å²) in [7, 11) is -2.49. The normalized spacial score (nSPS) is 17.6. The Kier molecular flexibility index (Phi) is 4.76. The summed E-state index contributed by atoms with van der Waals surface area (Å²) in [6.45, 7) is 1.43. The summed E-state index contributed by atoms with van der Waals surface area (Å²) in [6, 6.07) is 1.18. The lowest BCUT2D eigenvalue weighted by atomic mass is 10.3. The van der Waals surface area contributed by atoms with Gasteiger partial charge in [0, 0.05) is 44.6 Å². The van der Waals surface area contributed by atoms with E-state index < -0.39 is 15.5 Å². The predicted molar refractivity (Wildman–Crippen MR) is 74.3 cm³/mol. The van der Waals surface area contributed by atoms with E-state index in [1.165, 1.54) is 29.9 Å². The number of aromatic nitrogens is 1. The van der Waals surface area contributed by atoms with E-state index in [1.54, 1.807) is 0 Å². The summed E-state index contributed by atoms with van der Waals surface area (Å²) >= 11 is 0. The van der Waals surface area contributed by atoms with E-state index in [4.69, 9.17) is 0 Å². The number of aromatic amines is 1. The predicted octanol–water partition coefficient (Wildman–Crippen LogP) is -1.15. The Balaban J connectivity index is 2.07. The molecule has 1 aromatic rings. The molecular formula is C12H17N3O5S. The molecule has 1 aliphatic rings. The van der Waals surface area contributed by atoms with Crippen molar-refractivity contribution in [3.8, 4) is 0 Å². The molecule has 0 unspecified atom stereocenters. The van der Waals surface area contributed by atoms with E-state index in [1.807, 2.05) is 4.90 Å². The Morgan fingerprint density at radius 1 is 1.33 bits per heavy atom. The lowest BCUT2D eigenvalue weighted by Gasteiger charge is -2.32. The number of ether oxygens (including phenoxy) is 1. The van der Waals surface area contributed by atoms with Crippen LogP contribution in [0.2, 0.25) is 0 Å². The van der Waals surface area contributed by atoms with Crippen LogP contribution in [0.1, 0.15) is 0 Å². The second-order valence-corrected chi connectivity index (χ2v) is 6.54. The summed E-state index contributed by atoms with van der Waals surface area (Å²) in [5, 5.41) is 0. The zero-order valence-electron chi connectivity index (χ0n) is 11.6. The summed E-state index contributed by atoms with van der Waals surface area (Å²) < 4.78 is 30.6. The third-order valence-corrected chi connectivity index (χ3v) is 5.24. The Morgan fingerprint density at radius 2 is 2.00 bits per heavy atom. The third kappa shape index (κ3) is 3.49. The maximum absolute atomic E-state index is 12.4. The van der Waals surface area contributed by atoms with E-state index in [-0.39, 0.29) is 30.5 Å². The number of H-pyrrole nitrogens is 1. The standard InChI is InChI=1S/C12H17N3O5S/c1-20-12(17)9-14-4-6-15(7-5-14)21(18,19)11-8-13-3-2-10(11)16/h2-3,8H,4-7,9H2,1H3,(H,13,16). The molecule has 0 bridgehead atoms. The van der Waals surface area contributed by atoms with Gasteiger partial charge in [0.2, 0.25) is 15.5 Å². The molecule has 0 amide bonds. The number of rotatable bonds is 4. The molecule has 0 aliphatic carbocycles. The fraction of sp³-hybridized carbons (Fsp3) is 0.500. The number of piperazine rings is 1. The molecule has 0 radical (unpaired) electrons. The number of sulfonamides is 1. The fourth-order valence-corrected chi connectivity index (χ4v) is 3.58. The monoisotopic (exact) mass is 315 g/mol. The van der Waals surface area contributed by atoms with Gasteiger partial charge in [0.05, 0.1) is 13.7 Å². The van der Waals surface area contributed by atoms with E-state index in [0.29, 0.717) is 13.1 Å². The zero-order valence-corrected chi connectivity index (χ0v) is 12.4. The minimum atomic E-state index is -3.80. The van der Waals surface area contributed by atoms with Crippen LogP contribution in [0, 0.1) is 0 Å². The van der Waals surface area contributed by atoms with Crippen LogP contribution in [-0.2, 0) is 19.6 Å². The summed E-state index contributed by atoms with van der Waals surface area (Å²) in [5.74, 6) is -0.356. The molecule has 1 aromatic heterocycles.